The maximum atomic E-state index is 13.5. The standard InChI is InChI=1S/C16H19FN4O4S/c1-10-16(9-20(19-10)11(2)17)26(23,24)21-6-7-25-15-5-4-13(8-14(15)21)18-12(3)22/h4-5,8-9,11H,6-7H2,1-3H3,(H,18,22). The van der Waals surface area contributed by atoms with Crippen LogP contribution in [0.1, 0.15) is 25.8 Å². The first kappa shape index (κ1) is 18.2. The predicted octanol–water partition coefficient (Wildman–Crippen LogP) is 2.23. The van der Waals surface area contributed by atoms with Crippen molar-refractivity contribution in [3.8, 4) is 5.75 Å². The lowest BCUT2D eigenvalue weighted by atomic mass is 10.2. The molecule has 0 spiro atoms. The maximum absolute atomic E-state index is 13.5. The third-order valence-electron chi connectivity index (χ3n) is 3.90. The average molecular weight is 382 g/mol. The zero-order valence-electron chi connectivity index (χ0n) is 14.6. The lowest BCUT2D eigenvalue weighted by Crippen LogP contribution is -2.38. The molecule has 0 bridgehead atoms. The summed E-state index contributed by atoms with van der Waals surface area (Å²) in [6, 6.07) is 4.76. The molecule has 0 saturated heterocycles. The number of aromatic nitrogens is 2. The van der Waals surface area contributed by atoms with Crippen molar-refractivity contribution in [1.29, 1.82) is 0 Å². The van der Waals surface area contributed by atoms with Gasteiger partial charge in [-0.1, -0.05) is 0 Å². The highest BCUT2D eigenvalue weighted by molar-refractivity contribution is 7.92. The maximum Gasteiger partial charge on any atom is 0.267 e. The van der Waals surface area contributed by atoms with Crippen LogP contribution in [0, 0.1) is 6.92 Å². The molecule has 1 aliphatic rings. The van der Waals surface area contributed by atoms with Gasteiger partial charge in [-0.3, -0.25) is 9.10 Å². The molecule has 1 aromatic carbocycles. The van der Waals surface area contributed by atoms with Crippen molar-refractivity contribution < 1.29 is 22.3 Å². The number of hydrogen-bond donors (Lipinski definition) is 1. The highest BCUT2D eigenvalue weighted by Crippen LogP contribution is 2.37. The molecule has 1 aromatic heterocycles. The zero-order valence-corrected chi connectivity index (χ0v) is 15.4. The molecule has 1 atom stereocenters. The number of nitrogens with zero attached hydrogens (tertiary/aromatic N) is 3. The van der Waals surface area contributed by atoms with Gasteiger partial charge in [0.1, 0.15) is 17.3 Å². The summed E-state index contributed by atoms with van der Waals surface area (Å²) in [7, 11) is -3.97. The molecule has 0 aliphatic carbocycles. The van der Waals surface area contributed by atoms with E-state index >= 15 is 0 Å². The Morgan fingerprint density at radius 3 is 2.77 bits per heavy atom. The Balaban J connectivity index is 2.06. The molecule has 8 nitrogen and oxygen atoms in total. The molecule has 0 saturated carbocycles. The molecular formula is C16H19FN4O4S. The van der Waals surface area contributed by atoms with Gasteiger partial charge in [0.05, 0.1) is 17.9 Å². The lowest BCUT2D eigenvalue weighted by molar-refractivity contribution is -0.114. The molecule has 2 heterocycles. The normalized spacial score (nSPS) is 15.2. The van der Waals surface area contributed by atoms with Gasteiger partial charge in [0.25, 0.3) is 10.0 Å². The highest BCUT2D eigenvalue weighted by Gasteiger charge is 2.33. The Hall–Kier alpha value is -2.62. The van der Waals surface area contributed by atoms with Crippen LogP contribution in [0.25, 0.3) is 0 Å². The van der Waals surface area contributed by atoms with E-state index in [4.69, 9.17) is 4.74 Å². The molecule has 1 amide bonds. The van der Waals surface area contributed by atoms with Crippen molar-refractivity contribution in [3.05, 3.63) is 30.1 Å². The van der Waals surface area contributed by atoms with Crippen molar-refractivity contribution in [1.82, 2.24) is 9.78 Å². The van der Waals surface area contributed by atoms with Gasteiger partial charge in [-0.15, -0.1) is 0 Å². The van der Waals surface area contributed by atoms with E-state index in [1.54, 1.807) is 12.1 Å². The minimum atomic E-state index is -3.97. The first-order valence-corrected chi connectivity index (χ1v) is 9.41. The summed E-state index contributed by atoms with van der Waals surface area (Å²) < 4.78 is 47.5. The molecule has 0 radical (unpaired) electrons. The number of rotatable bonds is 4. The number of carbonyl (C=O) groups is 1. The third kappa shape index (κ3) is 3.24. The molecule has 140 valence electrons. The number of alkyl halides is 1. The number of ether oxygens (including phenoxy) is 1. The fraction of sp³-hybridized carbons (Fsp3) is 0.375. The summed E-state index contributed by atoms with van der Waals surface area (Å²) in [6.45, 7) is 4.42. The summed E-state index contributed by atoms with van der Waals surface area (Å²) in [5.41, 5.74) is 0.968. The predicted molar refractivity (Wildman–Crippen MR) is 93.6 cm³/mol. The van der Waals surface area contributed by atoms with E-state index < -0.39 is 16.3 Å². The molecule has 1 N–H and O–H groups in total. The number of benzene rings is 1. The van der Waals surface area contributed by atoms with Crippen LogP contribution in [0.15, 0.2) is 29.3 Å². The minimum Gasteiger partial charge on any atom is -0.489 e. The molecular weight excluding hydrogens is 363 g/mol. The summed E-state index contributed by atoms with van der Waals surface area (Å²) >= 11 is 0. The second-order valence-corrected chi connectivity index (χ2v) is 7.75. The Labute approximate surface area is 150 Å². The summed E-state index contributed by atoms with van der Waals surface area (Å²) in [6.07, 6.45) is -0.261. The number of hydrogen-bond acceptors (Lipinski definition) is 5. The van der Waals surface area contributed by atoms with Crippen LogP contribution >= 0.6 is 0 Å². The van der Waals surface area contributed by atoms with E-state index in [2.05, 4.69) is 10.4 Å². The Bertz CT molecular complexity index is 955. The van der Waals surface area contributed by atoms with E-state index in [9.17, 15) is 17.6 Å². The molecule has 26 heavy (non-hydrogen) atoms. The number of anilines is 2. The smallest absolute Gasteiger partial charge is 0.267 e. The summed E-state index contributed by atoms with van der Waals surface area (Å²) in [5.74, 6) is 0.114. The van der Waals surface area contributed by atoms with Crippen molar-refractivity contribution in [2.45, 2.75) is 32.0 Å². The van der Waals surface area contributed by atoms with Crippen LogP contribution in [0.2, 0.25) is 0 Å². The Morgan fingerprint density at radius 2 is 2.15 bits per heavy atom. The number of nitrogens with one attached hydrogen (secondary N) is 1. The van der Waals surface area contributed by atoms with E-state index in [0.29, 0.717) is 17.1 Å². The molecule has 1 aliphatic heterocycles. The number of halogens is 1. The summed E-state index contributed by atoms with van der Waals surface area (Å²) in [4.78, 5) is 11.2. The Kier molecular flexibility index (Phi) is 4.61. The molecule has 0 fully saturated rings. The van der Waals surface area contributed by atoms with Gasteiger partial charge in [0.2, 0.25) is 5.91 Å². The second kappa shape index (κ2) is 6.60. The third-order valence-corrected chi connectivity index (χ3v) is 5.82. The van der Waals surface area contributed by atoms with Gasteiger partial charge in [-0.05, 0) is 32.0 Å². The van der Waals surface area contributed by atoms with Crippen molar-refractivity contribution in [3.63, 3.8) is 0 Å². The van der Waals surface area contributed by atoms with E-state index in [0.717, 1.165) is 4.68 Å². The Morgan fingerprint density at radius 1 is 1.42 bits per heavy atom. The topological polar surface area (TPSA) is 93.5 Å². The van der Waals surface area contributed by atoms with Crippen LogP contribution in [-0.4, -0.2) is 37.3 Å². The van der Waals surface area contributed by atoms with Gasteiger partial charge in [0.15, 0.2) is 6.30 Å². The zero-order chi connectivity index (χ0) is 19.1. The fourth-order valence-corrected chi connectivity index (χ4v) is 4.35. The molecule has 2 aromatic rings. The summed E-state index contributed by atoms with van der Waals surface area (Å²) in [5, 5.41) is 6.55. The van der Waals surface area contributed by atoms with Gasteiger partial charge >= 0.3 is 0 Å². The van der Waals surface area contributed by atoms with Crippen molar-refractivity contribution >= 4 is 27.3 Å². The van der Waals surface area contributed by atoms with Crippen LogP contribution in [0.3, 0.4) is 0 Å². The second-order valence-electron chi connectivity index (χ2n) is 5.92. The SMILES string of the molecule is CC(=O)Nc1ccc2c(c1)N(S(=O)(=O)c1cn(C(C)F)nc1C)CCO2. The first-order chi connectivity index (χ1) is 12.2. The van der Waals surface area contributed by atoms with Crippen LogP contribution in [0.5, 0.6) is 5.75 Å². The van der Waals surface area contributed by atoms with Crippen LogP contribution in [0.4, 0.5) is 15.8 Å². The number of aryl methyl sites for hydroxylation is 1. The number of sulfonamides is 1. The monoisotopic (exact) mass is 382 g/mol. The van der Waals surface area contributed by atoms with Crippen LogP contribution < -0.4 is 14.4 Å². The van der Waals surface area contributed by atoms with Gasteiger partial charge in [-0.2, -0.15) is 5.10 Å². The lowest BCUT2D eigenvalue weighted by Gasteiger charge is -2.30. The number of fused-ring (bicyclic) bond motifs is 1. The van der Waals surface area contributed by atoms with Crippen LogP contribution in [-0.2, 0) is 14.8 Å². The number of amides is 1. The molecule has 1 unspecified atom stereocenters. The highest BCUT2D eigenvalue weighted by atomic mass is 32.2. The van der Waals surface area contributed by atoms with Gasteiger partial charge < -0.3 is 10.1 Å². The molecule has 3 rings (SSSR count). The van der Waals surface area contributed by atoms with E-state index in [1.165, 1.54) is 37.3 Å². The van der Waals surface area contributed by atoms with Gasteiger partial charge in [0, 0.05) is 18.8 Å². The molecule has 10 heteroatoms. The van der Waals surface area contributed by atoms with Crippen molar-refractivity contribution in [2.24, 2.45) is 0 Å². The largest absolute Gasteiger partial charge is 0.489 e. The van der Waals surface area contributed by atoms with Crippen molar-refractivity contribution in [2.75, 3.05) is 22.8 Å². The van der Waals surface area contributed by atoms with Gasteiger partial charge in [-0.25, -0.2) is 17.5 Å². The quantitative estimate of drug-likeness (QED) is 0.875. The first-order valence-electron chi connectivity index (χ1n) is 7.97. The minimum absolute atomic E-state index is 0.0696. The van der Waals surface area contributed by atoms with E-state index in [-0.39, 0.29) is 29.6 Å². The average Bonchev–Trinajstić information content (AvgIpc) is 2.96. The fourth-order valence-electron chi connectivity index (χ4n) is 2.74. The van der Waals surface area contributed by atoms with E-state index in [1.807, 2.05) is 0 Å². The number of carbonyl (C=O) groups excluding carboxylic acids is 1.